The van der Waals surface area contributed by atoms with Gasteiger partial charge in [-0.1, -0.05) is 38.1 Å². The van der Waals surface area contributed by atoms with E-state index in [0.717, 1.165) is 12.0 Å². The Morgan fingerprint density at radius 2 is 1.65 bits per heavy atom. The SMILES string of the molecule is CC(=O)C(=O)NCc1ccc(CC(C)C)cc1. The van der Waals surface area contributed by atoms with E-state index in [1.165, 1.54) is 12.5 Å². The number of rotatable bonds is 5. The summed E-state index contributed by atoms with van der Waals surface area (Å²) in [6.07, 6.45) is 1.06. The highest BCUT2D eigenvalue weighted by atomic mass is 16.2. The van der Waals surface area contributed by atoms with Crippen LogP contribution in [-0.4, -0.2) is 11.7 Å². The predicted octanol–water partition coefficient (Wildman–Crippen LogP) is 2.09. The van der Waals surface area contributed by atoms with Crippen LogP contribution < -0.4 is 5.32 Å². The Balaban J connectivity index is 2.51. The minimum atomic E-state index is -0.531. The van der Waals surface area contributed by atoms with Crippen molar-refractivity contribution in [2.24, 2.45) is 5.92 Å². The number of hydrogen-bond donors (Lipinski definition) is 1. The molecule has 17 heavy (non-hydrogen) atoms. The molecule has 0 atom stereocenters. The highest BCUT2D eigenvalue weighted by Gasteiger charge is 2.06. The third-order valence-electron chi connectivity index (χ3n) is 2.44. The summed E-state index contributed by atoms with van der Waals surface area (Å²) >= 11 is 0. The fourth-order valence-electron chi connectivity index (χ4n) is 1.57. The number of ketones is 1. The number of Topliss-reactive ketones (excluding diaryl/α,β-unsaturated/α-hetero) is 1. The van der Waals surface area contributed by atoms with Crippen molar-refractivity contribution >= 4 is 11.7 Å². The molecule has 0 fully saturated rings. The molecule has 0 aliphatic rings. The number of carbonyl (C=O) groups excluding carboxylic acids is 2. The summed E-state index contributed by atoms with van der Waals surface area (Å²) in [6, 6.07) is 8.10. The zero-order valence-electron chi connectivity index (χ0n) is 10.6. The lowest BCUT2D eigenvalue weighted by Crippen LogP contribution is -2.28. The van der Waals surface area contributed by atoms with Crippen LogP contribution in [0, 0.1) is 5.92 Å². The highest BCUT2D eigenvalue weighted by Crippen LogP contribution is 2.09. The van der Waals surface area contributed by atoms with Gasteiger partial charge in [0.25, 0.3) is 5.91 Å². The largest absolute Gasteiger partial charge is 0.345 e. The number of amides is 1. The van der Waals surface area contributed by atoms with Gasteiger partial charge in [0.1, 0.15) is 0 Å². The summed E-state index contributed by atoms with van der Waals surface area (Å²) in [4.78, 5) is 21.8. The predicted molar refractivity (Wildman–Crippen MR) is 67.5 cm³/mol. The Morgan fingerprint density at radius 1 is 1.12 bits per heavy atom. The van der Waals surface area contributed by atoms with E-state index < -0.39 is 11.7 Å². The third kappa shape index (κ3) is 4.81. The Morgan fingerprint density at radius 3 is 2.12 bits per heavy atom. The molecule has 3 nitrogen and oxygen atoms in total. The fraction of sp³-hybridized carbons (Fsp3) is 0.429. The van der Waals surface area contributed by atoms with Crippen LogP contribution >= 0.6 is 0 Å². The quantitative estimate of drug-likeness (QED) is 0.791. The third-order valence-corrected chi connectivity index (χ3v) is 2.44. The van der Waals surface area contributed by atoms with E-state index in [4.69, 9.17) is 0 Å². The molecule has 1 rings (SSSR count). The standard InChI is InChI=1S/C14H19NO2/c1-10(2)8-12-4-6-13(7-5-12)9-15-14(17)11(3)16/h4-7,10H,8-9H2,1-3H3,(H,15,17). The van der Waals surface area contributed by atoms with E-state index in [0.29, 0.717) is 12.5 Å². The molecule has 0 unspecified atom stereocenters. The second kappa shape index (κ2) is 6.18. The molecule has 0 aliphatic heterocycles. The molecule has 0 radical (unpaired) electrons. The van der Waals surface area contributed by atoms with Gasteiger partial charge >= 0.3 is 0 Å². The molecule has 0 bridgehead atoms. The zero-order valence-corrected chi connectivity index (χ0v) is 10.6. The summed E-state index contributed by atoms with van der Waals surface area (Å²) in [6.45, 7) is 6.03. The monoisotopic (exact) mass is 233 g/mol. The molecule has 1 N–H and O–H groups in total. The van der Waals surface area contributed by atoms with Crippen LogP contribution in [0.2, 0.25) is 0 Å². The smallest absolute Gasteiger partial charge is 0.287 e. The van der Waals surface area contributed by atoms with Crippen molar-refractivity contribution in [2.45, 2.75) is 33.7 Å². The zero-order chi connectivity index (χ0) is 12.8. The van der Waals surface area contributed by atoms with Crippen LogP contribution in [0.25, 0.3) is 0 Å². The Hall–Kier alpha value is -1.64. The second-order valence-corrected chi connectivity index (χ2v) is 4.65. The molecule has 0 aromatic heterocycles. The van der Waals surface area contributed by atoms with Crippen molar-refractivity contribution in [1.82, 2.24) is 5.32 Å². The normalized spacial score (nSPS) is 10.4. The van der Waals surface area contributed by atoms with Crippen LogP contribution in [0.5, 0.6) is 0 Å². The van der Waals surface area contributed by atoms with Crippen LogP contribution in [0.15, 0.2) is 24.3 Å². The number of carbonyl (C=O) groups is 2. The molecule has 0 saturated heterocycles. The van der Waals surface area contributed by atoms with Crippen LogP contribution in [0.3, 0.4) is 0 Å². The van der Waals surface area contributed by atoms with E-state index >= 15 is 0 Å². The van der Waals surface area contributed by atoms with E-state index in [-0.39, 0.29) is 0 Å². The van der Waals surface area contributed by atoms with Gasteiger partial charge < -0.3 is 5.32 Å². The average molecular weight is 233 g/mol. The van der Waals surface area contributed by atoms with Gasteiger partial charge in [-0.05, 0) is 23.5 Å². The van der Waals surface area contributed by atoms with Crippen molar-refractivity contribution in [3.63, 3.8) is 0 Å². The highest BCUT2D eigenvalue weighted by molar-refractivity contribution is 6.35. The molecular weight excluding hydrogens is 214 g/mol. The van der Waals surface area contributed by atoms with Gasteiger partial charge in [-0.25, -0.2) is 0 Å². The number of hydrogen-bond acceptors (Lipinski definition) is 2. The van der Waals surface area contributed by atoms with Gasteiger partial charge in [0.2, 0.25) is 5.78 Å². The Kier molecular flexibility index (Phi) is 4.88. The molecule has 0 aliphatic carbocycles. The van der Waals surface area contributed by atoms with Crippen LogP contribution in [0.1, 0.15) is 31.9 Å². The first-order valence-electron chi connectivity index (χ1n) is 5.85. The molecule has 1 amide bonds. The summed E-state index contributed by atoms with van der Waals surface area (Å²) in [7, 11) is 0. The Labute approximate surface area is 102 Å². The van der Waals surface area contributed by atoms with Crippen molar-refractivity contribution in [3.05, 3.63) is 35.4 Å². The first-order chi connectivity index (χ1) is 7.99. The molecular formula is C14H19NO2. The first kappa shape index (κ1) is 13.4. The van der Waals surface area contributed by atoms with Crippen molar-refractivity contribution in [2.75, 3.05) is 0 Å². The topological polar surface area (TPSA) is 46.2 Å². The maximum absolute atomic E-state index is 11.1. The molecule has 3 heteroatoms. The van der Waals surface area contributed by atoms with Gasteiger partial charge in [0.15, 0.2) is 0 Å². The second-order valence-electron chi connectivity index (χ2n) is 4.65. The minimum Gasteiger partial charge on any atom is -0.345 e. The summed E-state index contributed by atoms with van der Waals surface area (Å²) < 4.78 is 0. The van der Waals surface area contributed by atoms with E-state index in [1.54, 1.807) is 0 Å². The first-order valence-corrected chi connectivity index (χ1v) is 5.85. The van der Waals surface area contributed by atoms with Crippen LogP contribution in [0.4, 0.5) is 0 Å². The summed E-state index contributed by atoms with van der Waals surface area (Å²) in [5, 5.41) is 2.57. The van der Waals surface area contributed by atoms with Gasteiger partial charge in [-0.3, -0.25) is 9.59 Å². The fourth-order valence-corrected chi connectivity index (χ4v) is 1.57. The molecule has 0 spiro atoms. The van der Waals surface area contributed by atoms with E-state index in [9.17, 15) is 9.59 Å². The molecule has 0 saturated carbocycles. The lowest BCUT2D eigenvalue weighted by atomic mass is 10.0. The number of nitrogens with one attached hydrogen (secondary N) is 1. The lowest BCUT2D eigenvalue weighted by molar-refractivity contribution is -0.136. The van der Waals surface area contributed by atoms with Gasteiger partial charge in [0.05, 0.1) is 0 Å². The van der Waals surface area contributed by atoms with Crippen LogP contribution in [-0.2, 0) is 22.6 Å². The number of benzene rings is 1. The summed E-state index contributed by atoms with van der Waals surface area (Å²) in [5.74, 6) is -0.351. The molecule has 1 aromatic carbocycles. The molecule has 92 valence electrons. The Bertz CT molecular complexity index is 393. The minimum absolute atomic E-state index is 0.403. The average Bonchev–Trinajstić information content (AvgIpc) is 2.26. The maximum atomic E-state index is 11.1. The van der Waals surface area contributed by atoms with E-state index in [2.05, 4.69) is 31.3 Å². The van der Waals surface area contributed by atoms with Gasteiger partial charge in [0, 0.05) is 13.5 Å². The van der Waals surface area contributed by atoms with Gasteiger partial charge in [-0.2, -0.15) is 0 Å². The molecule has 1 aromatic rings. The van der Waals surface area contributed by atoms with Crippen molar-refractivity contribution in [3.8, 4) is 0 Å². The van der Waals surface area contributed by atoms with Crippen molar-refractivity contribution < 1.29 is 9.59 Å². The van der Waals surface area contributed by atoms with E-state index in [1.807, 2.05) is 12.1 Å². The van der Waals surface area contributed by atoms with Crippen molar-refractivity contribution in [1.29, 1.82) is 0 Å². The van der Waals surface area contributed by atoms with Gasteiger partial charge in [-0.15, -0.1) is 0 Å². The maximum Gasteiger partial charge on any atom is 0.287 e. The summed E-state index contributed by atoms with van der Waals surface area (Å²) in [5.41, 5.74) is 2.30. The lowest BCUT2D eigenvalue weighted by Gasteiger charge is -2.07. The molecule has 0 heterocycles.